The van der Waals surface area contributed by atoms with Gasteiger partial charge >= 0.3 is 0 Å². The highest BCUT2D eigenvalue weighted by atomic mass is 15.2. The normalized spacial score (nSPS) is 11.6. The van der Waals surface area contributed by atoms with Gasteiger partial charge in [0, 0.05) is 33.5 Å². The molecule has 0 aliphatic rings. The van der Waals surface area contributed by atoms with Crippen LogP contribution < -0.4 is 9.80 Å². The maximum Gasteiger partial charge on any atom is 0.0541 e. The van der Waals surface area contributed by atoms with Gasteiger partial charge in [0.05, 0.1) is 11.4 Å². The molecule has 0 N–H and O–H groups in total. The molecule has 0 aliphatic heterocycles. The Morgan fingerprint density at radius 2 is 0.429 bits per heavy atom. The molecule has 0 radical (unpaired) electrons. The molecule has 10 aromatic carbocycles. The zero-order valence-corrected chi connectivity index (χ0v) is 39.6. The molecule has 0 saturated heterocycles. The third-order valence-electron chi connectivity index (χ3n) is 12.6. The van der Waals surface area contributed by atoms with Gasteiger partial charge in [-0.15, -0.1) is 0 Å². The molecule has 0 spiro atoms. The summed E-state index contributed by atoms with van der Waals surface area (Å²) < 4.78 is 0. The molecule has 0 heterocycles. The molecule has 336 valence electrons. The number of nitrogens with zero attached hydrogens (tertiary/aromatic N) is 2. The van der Waals surface area contributed by atoms with E-state index < -0.39 is 0 Å². The molecule has 0 atom stereocenters. The molecule has 0 unspecified atom stereocenters. The summed E-state index contributed by atoms with van der Waals surface area (Å²) in [6.45, 7) is 4.24. The average molecular weight is 899 g/mol. The molecule has 0 amide bonds. The van der Waals surface area contributed by atoms with E-state index in [0.717, 1.165) is 67.2 Å². The predicted octanol–water partition coefficient (Wildman–Crippen LogP) is 19.1. The molecule has 2 heteroatoms. The average Bonchev–Trinajstić information content (AvgIpc) is 3.42. The zero-order valence-electron chi connectivity index (χ0n) is 39.6. The van der Waals surface area contributed by atoms with Crippen LogP contribution in [0.1, 0.15) is 55.6 Å². The summed E-state index contributed by atoms with van der Waals surface area (Å²) in [6.07, 6.45) is 17.4. The molecule has 10 rings (SSSR count). The van der Waals surface area contributed by atoms with Gasteiger partial charge in [-0.25, -0.2) is 0 Å². The highest BCUT2D eigenvalue weighted by molar-refractivity contribution is 6.07. The molecule has 0 fully saturated rings. The lowest BCUT2D eigenvalue weighted by atomic mass is 10.0. The summed E-state index contributed by atoms with van der Waals surface area (Å²) >= 11 is 0. The third kappa shape index (κ3) is 10.9. The van der Waals surface area contributed by atoms with Gasteiger partial charge in [0.1, 0.15) is 0 Å². The first-order valence-corrected chi connectivity index (χ1v) is 24.0. The number of hydrogen-bond acceptors (Lipinski definition) is 2. The quantitative estimate of drug-likeness (QED) is 0.100. The van der Waals surface area contributed by atoms with Gasteiger partial charge < -0.3 is 9.80 Å². The van der Waals surface area contributed by atoms with E-state index in [1.165, 1.54) is 33.4 Å². The second kappa shape index (κ2) is 21.3. The van der Waals surface area contributed by atoms with Crippen LogP contribution in [0.4, 0.5) is 34.1 Å². The van der Waals surface area contributed by atoms with Gasteiger partial charge in [-0.1, -0.05) is 242 Å². The van der Waals surface area contributed by atoms with E-state index in [1.54, 1.807) is 0 Å². The molecule has 0 aromatic heterocycles. The van der Waals surface area contributed by atoms with Crippen LogP contribution in [0.2, 0.25) is 0 Å². The molecular formula is C68H54N2. The van der Waals surface area contributed by atoms with Gasteiger partial charge in [-0.2, -0.15) is 0 Å². The van der Waals surface area contributed by atoms with Crippen LogP contribution in [0.5, 0.6) is 0 Å². The van der Waals surface area contributed by atoms with Crippen LogP contribution in [0.25, 0.3) is 59.4 Å². The molecular weight excluding hydrogens is 845 g/mol. The van der Waals surface area contributed by atoms with Crippen LogP contribution in [0.15, 0.2) is 243 Å². The highest BCUT2D eigenvalue weighted by Gasteiger charge is 2.21. The van der Waals surface area contributed by atoms with Crippen molar-refractivity contribution in [3.05, 3.63) is 298 Å². The van der Waals surface area contributed by atoms with Crippen molar-refractivity contribution in [1.82, 2.24) is 0 Å². The molecule has 0 aliphatic carbocycles. The summed E-state index contributed by atoms with van der Waals surface area (Å²) in [6, 6.07) is 87.1. The fraction of sp³-hybridized carbons (Fsp3) is 0.0294. The number of benzene rings is 10. The van der Waals surface area contributed by atoms with Gasteiger partial charge in [0.15, 0.2) is 0 Å². The van der Waals surface area contributed by atoms with Crippen LogP contribution in [0, 0.1) is 13.8 Å². The second-order valence-electron chi connectivity index (χ2n) is 17.7. The summed E-state index contributed by atoms with van der Waals surface area (Å²) in [5.41, 5.74) is 18.2. The van der Waals surface area contributed by atoms with Crippen molar-refractivity contribution in [2.24, 2.45) is 0 Å². The monoisotopic (exact) mass is 898 g/mol. The number of hydrogen-bond donors (Lipinski definition) is 0. The third-order valence-corrected chi connectivity index (χ3v) is 12.6. The fourth-order valence-electron chi connectivity index (χ4n) is 8.70. The zero-order chi connectivity index (χ0) is 47.5. The topological polar surface area (TPSA) is 6.48 Å². The highest BCUT2D eigenvalue weighted by Crippen LogP contribution is 2.45. The van der Waals surface area contributed by atoms with Gasteiger partial charge in [-0.05, 0) is 119 Å². The van der Waals surface area contributed by atoms with Crippen molar-refractivity contribution in [2.75, 3.05) is 9.80 Å². The van der Waals surface area contributed by atoms with Gasteiger partial charge in [-0.3, -0.25) is 0 Å². The summed E-state index contributed by atoms with van der Waals surface area (Å²) in [7, 11) is 0. The number of fused-ring (bicyclic) bond motifs is 1. The minimum atomic E-state index is 1.07. The Morgan fingerprint density at radius 1 is 0.214 bits per heavy atom. The lowest BCUT2D eigenvalue weighted by Gasteiger charge is -2.31. The SMILES string of the molecule is Cc1ccc(C=Cc2ccc(N(c3ccc(C=Cc4ccccc4)cc3)c3ccc(N(c4ccc(C=Cc5ccccc5)cc4)c4ccc(C=Cc5ccc(C)cc5)cc4)c4ccccc34)cc2)cc1. The Labute approximate surface area is 413 Å². The van der Waals surface area contributed by atoms with Crippen molar-refractivity contribution < 1.29 is 0 Å². The van der Waals surface area contributed by atoms with Crippen LogP contribution in [-0.2, 0) is 0 Å². The predicted molar refractivity (Wildman–Crippen MR) is 304 cm³/mol. The summed E-state index contributed by atoms with van der Waals surface area (Å²) in [5.74, 6) is 0. The molecule has 2 nitrogen and oxygen atoms in total. The first-order chi connectivity index (χ1) is 34.5. The Morgan fingerprint density at radius 3 is 0.686 bits per heavy atom. The van der Waals surface area contributed by atoms with Crippen molar-refractivity contribution >= 4 is 93.5 Å². The first kappa shape index (κ1) is 44.8. The standard InChI is InChI=1S/C68H54N2/c1-51-17-21-55(22-18-51)29-31-59-37-45-63(46-38-59)69(61-41-33-57(34-42-61)27-25-53-11-5-3-6-12-53)67-49-50-68(66-16-10-9-15-65(66)67)70(62-43-35-58(36-44-62)28-26-54-13-7-4-8-14-54)64-47-39-60(40-48-64)32-30-56-23-19-52(2)20-24-56/h3-50H,1-2H3. The van der Waals surface area contributed by atoms with Gasteiger partial charge in [0.25, 0.3) is 0 Å². The van der Waals surface area contributed by atoms with Crippen molar-refractivity contribution in [2.45, 2.75) is 13.8 Å². The lowest BCUT2D eigenvalue weighted by Crippen LogP contribution is -2.13. The minimum Gasteiger partial charge on any atom is -0.310 e. The Bertz CT molecular complexity index is 3180. The summed E-state index contributed by atoms with van der Waals surface area (Å²) in [5, 5.41) is 2.28. The molecule has 70 heavy (non-hydrogen) atoms. The van der Waals surface area contributed by atoms with E-state index in [4.69, 9.17) is 0 Å². The first-order valence-electron chi connectivity index (χ1n) is 24.0. The maximum absolute atomic E-state index is 2.39. The molecule has 0 saturated carbocycles. The van der Waals surface area contributed by atoms with E-state index in [2.05, 4.69) is 303 Å². The van der Waals surface area contributed by atoms with Crippen LogP contribution >= 0.6 is 0 Å². The second-order valence-corrected chi connectivity index (χ2v) is 17.7. The van der Waals surface area contributed by atoms with E-state index >= 15 is 0 Å². The Kier molecular flexibility index (Phi) is 13.7. The number of anilines is 6. The lowest BCUT2D eigenvalue weighted by molar-refractivity contribution is 1.27. The van der Waals surface area contributed by atoms with E-state index in [1.807, 2.05) is 12.1 Å². The summed E-state index contributed by atoms with van der Waals surface area (Å²) in [4.78, 5) is 4.77. The minimum absolute atomic E-state index is 1.07. The van der Waals surface area contributed by atoms with Crippen LogP contribution in [0.3, 0.4) is 0 Å². The van der Waals surface area contributed by atoms with E-state index in [-0.39, 0.29) is 0 Å². The smallest absolute Gasteiger partial charge is 0.0541 e. The van der Waals surface area contributed by atoms with Gasteiger partial charge in [0.2, 0.25) is 0 Å². The number of rotatable bonds is 14. The van der Waals surface area contributed by atoms with E-state index in [9.17, 15) is 0 Å². The van der Waals surface area contributed by atoms with E-state index in [0.29, 0.717) is 0 Å². The number of aryl methyl sites for hydroxylation is 2. The Hall–Kier alpha value is -8.98. The maximum atomic E-state index is 2.39. The Balaban J connectivity index is 1.05. The van der Waals surface area contributed by atoms with Crippen molar-refractivity contribution in [3.8, 4) is 0 Å². The fourth-order valence-corrected chi connectivity index (χ4v) is 8.70. The molecule has 10 aromatic rings. The van der Waals surface area contributed by atoms with Crippen molar-refractivity contribution in [1.29, 1.82) is 0 Å². The van der Waals surface area contributed by atoms with Crippen LogP contribution in [-0.4, -0.2) is 0 Å². The van der Waals surface area contributed by atoms with Crippen molar-refractivity contribution in [3.63, 3.8) is 0 Å². The molecule has 0 bridgehead atoms. The largest absolute Gasteiger partial charge is 0.310 e.